The van der Waals surface area contributed by atoms with Gasteiger partial charge in [0.25, 0.3) is 0 Å². The number of aldehydes is 1. The lowest BCUT2D eigenvalue weighted by Gasteiger charge is -2.08. The van der Waals surface area contributed by atoms with E-state index in [1.807, 2.05) is 44.2 Å². The summed E-state index contributed by atoms with van der Waals surface area (Å²) in [6.07, 6.45) is 2.55. The molecule has 0 bridgehead atoms. The first kappa shape index (κ1) is 13.8. The van der Waals surface area contributed by atoms with Gasteiger partial charge in [0.2, 0.25) is 5.88 Å². The Balaban J connectivity index is 2.08. The molecule has 0 spiro atoms. The second kappa shape index (κ2) is 5.33. The van der Waals surface area contributed by atoms with Gasteiger partial charge in [-0.15, -0.1) is 0 Å². The van der Waals surface area contributed by atoms with Crippen molar-refractivity contribution in [2.24, 2.45) is 0 Å². The maximum atomic E-state index is 11.3. The number of aryl methyl sites for hydroxylation is 2. The van der Waals surface area contributed by atoms with E-state index in [1.54, 1.807) is 10.6 Å². The van der Waals surface area contributed by atoms with Crippen molar-refractivity contribution in [3.05, 3.63) is 57.8 Å². The van der Waals surface area contributed by atoms with Gasteiger partial charge in [0.15, 0.2) is 12.0 Å². The first-order valence-electron chi connectivity index (χ1n) is 6.47. The molecular weight excluding hydrogens is 332 g/mol. The molecule has 0 aliphatic carbocycles. The summed E-state index contributed by atoms with van der Waals surface area (Å²) in [6, 6.07) is 9.37. The molecule has 0 atom stereocenters. The van der Waals surface area contributed by atoms with Crippen LogP contribution in [0.4, 0.5) is 0 Å². The minimum absolute atomic E-state index is 0.317. The zero-order valence-corrected chi connectivity index (χ0v) is 13.2. The fraction of sp³-hybridized carbons (Fsp3) is 0.125. The Bertz CT molecular complexity index is 816. The van der Waals surface area contributed by atoms with E-state index in [2.05, 4.69) is 20.9 Å². The normalized spacial score (nSPS) is 10.8. The van der Waals surface area contributed by atoms with E-state index in [0.29, 0.717) is 23.0 Å². The molecule has 0 aliphatic heterocycles. The monoisotopic (exact) mass is 344 g/mol. The van der Waals surface area contributed by atoms with Crippen LogP contribution >= 0.6 is 15.9 Å². The van der Waals surface area contributed by atoms with Crippen LogP contribution in [0.1, 0.15) is 21.6 Å². The summed E-state index contributed by atoms with van der Waals surface area (Å²) in [5.74, 6) is 0.983. The number of ether oxygens (including phenoxy) is 1. The maximum Gasteiger partial charge on any atom is 0.249 e. The van der Waals surface area contributed by atoms with Gasteiger partial charge in [-0.05, 0) is 49.2 Å². The molecule has 0 saturated carbocycles. The van der Waals surface area contributed by atoms with Crippen molar-refractivity contribution in [3.8, 4) is 11.6 Å². The molecule has 0 amide bonds. The number of imidazole rings is 1. The third-order valence-electron chi connectivity index (χ3n) is 3.27. The minimum Gasteiger partial charge on any atom is -0.437 e. The molecule has 1 aromatic carbocycles. The molecule has 0 fully saturated rings. The van der Waals surface area contributed by atoms with Crippen molar-refractivity contribution in [3.63, 3.8) is 0 Å². The summed E-state index contributed by atoms with van der Waals surface area (Å²) in [5.41, 5.74) is 3.23. The zero-order valence-electron chi connectivity index (χ0n) is 11.6. The number of pyridine rings is 1. The number of benzene rings is 1. The van der Waals surface area contributed by atoms with Crippen LogP contribution in [-0.4, -0.2) is 15.7 Å². The highest BCUT2D eigenvalue weighted by Gasteiger charge is 2.14. The number of rotatable bonds is 3. The average molecular weight is 345 g/mol. The Hall–Kier alpha value is -2.14. The molecule has 4 nitrogen and oxygen atoms in total. The van der Waals surface area contributed by atoms with E-state index in [-0.39, 0.29) is 0 Å². The Morgan fingerprint density at radius 3 is 2.62 bits per heavy atom. The Morgan fingerprint density at radius 1 is 1.24 bits per heavy atom. The fourth-order valence-corrected chi connectivity index (χ4v) is 2.48. The number of halogens is 1. The molecule has 3 aromatic rings. The summed E-state index contributed by atoms with van der Waals surface area (Å²) in [4.78, 5) is 15.7. The lowest BCUT2D eigenvalue weighted by Crippen LogP contribution is -1.94. The van der Waals surface area contributed by atoms with Gasteiger partial charge in [-0.3, -0.25) is 9.20 Å². The molecule has 21 heavy (non-hydrogen) atoms. The quantitative estimate of drug-likeness (QED) is 0.664. The summed E-state index contributed by atoms with van der Waals surface area (Å²) < 4.78 is 8.58. The van der Waals surface area contributed by atoms with E-state index in [9.17, 15) is 4.79 Å². The van der Waals surface area contributed by atoms with E-state index in [4.69, 9.17) is 4.74 Å². The molecule has 0 saturated heterocycles. The number of hydrogen-bond acceptors (Lipinski definition) is 3. The van der Waals surface area contributed by atoms with Crippen LogP contribution < -0.4 is 4.74 Å². The molecule has 2 aromatic heterocycles. The summed E-state index contributed by atoms with van der Waals surface area (Å²) in [7, 11) is 0. The number of carbonyl (C=O) groups excluding carboxylic acids is 1. The molecule has 3 rings (SSSR count). The number of aromatic nitrogens is 2. The summed E-state index contributed by atoms with van der Waals surface area (Å²) in [5, 5.41) is 0. The number of nitrogens with zero attached hydrogens (tertiary/aromatic N) is 2. The average Bonchev–Trinajstić information content (AvgIpc) is 2.81. The number of hydrogen-bond donors (Lipinski definition) is 0. The summed E-state index contributed by atoms with van der Waals surface area (Å²) in [6.45, 7) is 3.99. The highest BCUT2D eigenvalue weighted by Crippen LogP contribution is 2.30. The second-order valence-electron chi connectivity index (χ2n) is 4.82. The minimum atomic E-state index is 0.317. The van der Waals surface area contributed by atoms with Crippen molar-refractivity contribution in [2.75, 3.05) is 0 Å². The second-order valence-corrected chi connectivity index (χ2v) is 5.61. The Kier molecular flexibility index (Phi) is 3.51. The van der Waals surface area contributed by atoms with Crippen molar-refractivity contribution in [2.45, 2.75) is 13.8 Å². The standard InChI is InChI=1S/C16H13BrN2O2/c1-10-7-12(8-11(2)15(10)17)21-16-13(9-20)19-6-4-3-5-14(19)18-16/h3-9H,1-2H3. The van der Waals surface area contributed by atoms with Crippen molar-refractivity contribution < 1.29 is 9.53 Å². The smallest absolute Gasteiger partial charge is 0.249 e. The Labute approximate surface area is 130 Å². The highest BCUT2D eigenvalue weighted by molar-refractivity contribution is 9.10. The molecular formula is C16H13BrN2O2. The van der Waals surface area contributed by atoms with Crippen LogP contribution in [-0.2, 0) is 0 Å². The third-order valence-corrected chi connectivity index (χ3v) is 4.52. The topological polar surface area (TPSA) is 43.6 Å². The van der Waals surface area contributed by atoms with Crippen LogP contribution in [0.5, 0.6) is 11.6 Å². The maximum absolute atomic E-state index is 11.3. The lowest BCUT2D eigenvalue weighted by molar-refractivity contribution is 0.111. The molecule has 106 valence electrons. The van der Waals surface area contributed by atoms with Crippen LogP contribution in [0.15, 0.2) is 41.0 Å². The van der Waals surface area contributed by atoms with Gasteiger partial charge >= 0.3 is 0 Å². The van der Waals surface area contributed by atoms with E-state index in [0.717, 1.165) is 21.9 Å². The fourth-order valence-electron chi connectivity index (χ4n) is 2.25. The molecule has 0 unspecified atom stereocenters. The first-order valence-corrected chi connectivity index (χ1v) is 7.26. The molecule has 0 radical (unpaired) electrons. The van der Waals surface area contributed by atoms with Crippen LogP contribution in [0.2, 0.25) is 0 Å². The van der Waals surface area contributed by atoms with E-state index < -0.39 is 0 Å². The van der Waals surface area contributed by atoms with E-state index in [1.165, 1.54) is 0 Å². The predicted octanol–water partition coefficient (Wildman–Crippen LogP) is 4.32. The molecule has 0 aliphatic rings. The van der Waals surface area contributed by atoms with Crippen molar-refractivity contribution in [1.29, 1.82) is 0 Å². The van der Waals surface area contributed by atoms with Gasteiger partial charge in [-0.25, -0.2) is 0 Å². The predicted molar refractivity (Wildman–Crippen MR) is 84.3 cm³/mol. The SMILES string of the molecule is Cc1cc(Oc2nc3ccccn3c2C=O)cc(C)c1Br. The van der Waals surface area contributed by atoms with Gasteiger partial charge in [0, 0.05) is 10.7 Å². The molecule has 2 heterocycles. The van der Waals surface area contributed by atoms with Crippen LogP contribution in [0.3, 0.4) is 0 Å². The van der Waals surface area contributed by atoms with Crippen molar-refractivity contribution >= 4 is 27.9 Å². The van der Waals surface area contributed by atoms with Gasteiger partial charge < -0.3 is 4.74 Å². The van der Waals surface area contributed by atoms with Crippen LogP contribution in [0, 0.1) is 13.8 Å². The molecule has 5 heteroatoms. The number of fused-ring (bicyclic) bond motifs is 1. The third kappa shape index (κ3) is 2.45. The Morgan fingerprint density at radius 2 is 1.95 bits per heavy atom. The molecule has 0 N–H and O–H groups in total. The van der Waals surface area contributed by atoms with Gasteiger partial charge in [0.1, 0.15) is 11.4 Å². The van der Waals surface area contributed by atoms with Gasteiger partial charge in [0.05, 0.1) is 0 Å². The van der Waals surface area contributed by atoms with Crippen LogP contribution in [0.25, 0.3) is 5.65 Å². The van der Waals surface area contributed by atoms with Gasteiger partial charge in [-0.1, -0.05) is 22.0 Å². The van der Waals surface area contributed by atoms with E-state index >= 15 is 0 Å². The summed E-state index contributed by atoms with van der Waals surface area (Å²) >= 11 is 3.52. The number of carbonyl (C=O) groups is 1. The zero-order chi connectivity index (χ0) is 15.0. The highest BCUT2D eigenvalue weighted by atomic mass is 79.9. The largest absolute Gasteiger partial charge is 0.437 e. The van der Waals surface area contributed by atoms with Gasteiger partial charge in [-0.2, -0.15) is 4.98 Å². The van der Waals surface area contributed by atoms with Crippen molar-refractivity contribution in [1.82, 2.24) is 9.38 Å². The lowest BCUT2D eigenvalue weighted by atomic mass is 10.1. The first-order chi connectivity index (χ1) is 10.1.